The lowest BCUT2D eigenvalue weighted by Gasteiger charge is -2.39. The number of aromatic nitrogens is 2. The number of halogens is 1. The molecule has 9 nitrogen and oxygen atoms in total. The van der Waals surface area contributed by atoms with E-state index in [4.69, 9.17) is 4.42 Å². The van der Waals surface area contributed by atoms with Crippen LogP contribution >= 0.6 is 0 Å². The lowest BCUT2D eigenvalue weighted by atomic mass is 9.97. The second-order valence-electron chi connectivity index (χ2n) is 8.58. The molecule has 2 aliphatic rings. The number of nitrogens with one attached hydrogen (secondary N) is 1. The number of carbonyl (C=O) groups is 1. The Morgan fingerprint density at radius 3 is 2.50 bits per heavy atom. The molecule has 2 fully saturated rings. The number of furan rings is 1. The summed E-state index contributed by atoms with van der Waals surface area (Å²) in [4.78, 5) is 17.1. The molecular formula is C23H26FN5O4S. The molecule has 5 rings (SSSR count). The first kappa shape index (κ1) is 22.6. The highest BCUT2D eigenvalue weighted by atomic mass is 32.2. The van der Waals surface area contributed by atoms with Crippen molar-refractivity contribution in [2.45, 2.75) is 17.9 Å². The molecule has 3 aromatic rings. The van der Waals surface area contributed by atoms with E-state index in [0.717, 1.165) is 5.69 Å². The van der Waals surface area contributed by atoms with Crippen molar-refractivity contribution in [2.75, 3.05) is 44.2 Å². The zero-order valence-corrected chi connectivity index (χ0v) is 19.4. The summed E-state index contributed by atoms with van der Waals surface area (Å²) in [7, 11) is -3.86. The maximum atomic E-state index is 13.2. The quantitative estimate of drug-likeness (QED) is 0.594. The van der Waals surface area contributed by atoms with E-state index >= 15 is 0 Å². The summed E-state index contributed by atoms with van der Waals surface area (Å²) in [5.41, 5.74) is 1.52. The van der Waals surface area contributed by atoms with E-state index in [9.17, 15) is 17.6 Å². The molecule has 0 unspecified atom stereocenters. The Labute approximate surface area is 197 Å². The molecule has 0 bridgehead atoms. The average Bonchev–Trinajstić information content (AvgIpc) is 3.57. The number of benzene rings is 1. The Balaban J connectivity index is 1.22. The molecule has 1 N–H and O–H groups in total. The number of aromatic amines is 1. The van der Waals surface area contributed by atoms with Crippen molar-refractivity contribution in [3.05, 3.63) is 54.5 Å². The van der Waals surface area contributed by atoms with Crippen LogP contribution in [-0.2, 0) is 14.8 Å². The van der Waals surface area contributed by atoms with Crippen molar-refractivity contribution in [2.24, 2.45) is 5.92 Å². The van der Waals surface area contributed by atoms with Crippen LogP contribution in [0.5, 0.6) is 0 Å². The molecule has 0 radical (unpaired) electrons. The summed E-state index contributed by atoms with van der Waals surface area (Å²) in [5.74, 6) is -0.291. The molecule has 2 aromatic heterocycles. The van der Waals surface area contributed by atoms with Crippen LogP contribution in [-0.4, -0.2) is 73.0 Å². The molecule has 0 spiro atoms. The average molecular weight is 488 g/mol. The Bertz CT molecular complexity index is 1230. The van der Waals surface area contributed by atoms with E-state index in [1.54, 1.807) is 30.5 Å². The lowest BCUT2D eigenvalue weighted by Crippen LogP contribution is -2.53. The highest BCUT2D eigenvalue weighted by Gasteiger charge is 2.37. The van der Waals surface area contributed by atoms with E-state index in [0.29, 0.717) is 57.0 Å². The molecule has 2 aliphatic heterocycles. The van der Waals surface area contributed by atoms with Crippen molar-refractivity contribution < 1.29 is 22.0 Å². The first-order chi connectivity index (χ1) is 16.4. The van der Waals surface area contributed by atoms with Gasteiger partial charge in [-0.25, -0.2) is 12.8 Å². The standard InChI is InChI=1S/C23H26FN5O4S/c24-18-3-5-19(6-4-18)27-12-14-28(15-13-27)23(30)17-2-1-11-29(16-17)34(31,32)22-8-7-21(33-22)20-9-10-25-26-20/h3-10,17H,1-2,11-16H2,(H,25,26)/t17-/m1/s1. The molecular weight excluding hydrogens is 461 g/mol. The van der Waals surface area contributed by atoms with Gasteiger partial charge in [-0.3, -0.25) is 9.89 Å². The third-order valence-electron chi connectivity index (χ3n) is 6.46. The number of nitrogens with zero attached hydrogens (tertiary/aromatic N) is 4. The smallest absolute Gasteiger partial charge is 0.276 e. The van der Waals surface area contributed by atoms with Gasteiger partial charge in [-0.2, -0.15) is 9.40 Å². The minimum atomic E-state index is -3.86. The highest BCUT2D eigenvalue weighted by molar-refractivity contribution is 7.89. The van der Waals surface area contributed by atoms with E-state index in [1.165, 1.54) is 22.5 Å². The van der Waals surface area contributed by atoms with Gasteiger partial charge in [0.1, 0.15) is 11.5 Å². The largest absolute Gasteiger partial charge is 0.442 e. The predicted octanol–water partition coefficient (Wildman–Crippen LogP) is 2.56. The fourth-order valence-electron chi connectivity index (χ4n) is 4.58. The van der Waals surface area contributed by atoms with Gasteiger partial charge in [-0.05, 0) is 55.3 Å². The fraction of sp³-hybridized carbons (Fsp3) is 0.391. The zero-order chi connectivity index (χ0) is 23.7. The summed E-state index contributed by atoms with van der Waals surface area (Å²) in [6.45, 7) is 2.88. The Morgan fingerprint density at radius 2 is 1.79 bits per heavy atom. The van der Waals surface area contributed by atoms with E-state index in [2.05, 4.69) is 15.1 Å². The molecule has 4 heterocycles. The van der Waals surface area contributed by atoms with Crippen LogP contribution in [0, 0.1) is 11.7 Å². The van der Waals surface area contributed by atoms with Crippen LogP contribution in [0.4, 0.5) is 10.1 Å². The molecule has 11 heteroatoms. The number of piperazine rings is 1. The number of H-pyrrole nitrogens is 1. The fourth-order valence-corrected chi connectivity index (χ4v) is 6.02. The Hall–Kier alpha value is -3.18. The van der Waals surface area contributed by atoms with E-state index in [-0.39, 0.29) is 29.3 Å². The third-order valence-corrected chi connectivity index (χ3v) is 8.20. The second-order valence-corrected chi connectivity index (χ2v) is 10.4. The number of anilines is 1. The van der Waals surface area contributed by atoms with Gasteiger partial charge in [-0.15, -0.1) is 0 Å². The van der Waals surface area contributed by atoms with Crippen LogP contribution < -0.4 is 4.90 Å². The van der Waals surface area contributed by atoms with Gasteiger partial charge in [-0.1, -0.05) is 0 Å². The SMILES string of the molecule is O=C([C@@H]1CCCN(S(=O)(=O)c2ccc(-c3ccn[nH]3)o2)C1)N1CCN(c2ccc(F)cc2)CC1. The van der Waals surface area contributed by atoms with Crippen LogP contribution in [0.1, 0.15) is 12.8 Å². The van der Waals surface area contributed by atoms with Gasteiger partial charge in [0.05, 0.1) is 5.92 Å². The van der Waals surface area contributed by atoms with Gasteiger partial charge >= 0.3 is 0 Å². The summed E-state index contributed by atoms with van der Waals surface area (Å²) in [5, 5.41) is 6.46. The number of rotatable bonds is 5. The normalized spacial score (nSPS) is 20.0. The van der Waals surface area contributed by atoms with Gasteiger partial charge < -0.3 is 14.2 Å². The summed E-state index contributed by atoms with van der Waals surface area (Å²) in [6.07, 6.45) is 2.83. The zero-order valence-electron chi connectivity index (χ0n) is 18.6. The molecule has 0 saturated carbocycles. The molecule has 34 heavy (non-hydrogen) atoms. The molecule has 2 saturated heterocycles. The van der Waals surface area contributed by atoms with Gasteiger partial charge in [0.2, 0.25) is 11.0 Å². The van der Waals surface area contributed by atoms with Crippen LogP contribution in [0.3, 0.4) is 0 Å². The molecule has 1 amide bonds. The van der Waals surface area contributed by atoms with E-state index < -0.39 is 10.0 Å². The minimum absolute atomic E-state index is 0.0174. The van der Waals surface area contributed by atoms with Crippen molar-refractivity contribution >= 4 is 21.6 Å². The summed E-state index contributed by atoms with van der Waals surface area (Å²) in [6, 6.07) is 11.1. The number of sulfonamides is 1. The maximum Gasteiger partial charge on any atom is 0.276 e. The second kappa shape index (κ2) is 9.22. The highest BCUT2D eigenvalue weighted by Crippen LogP contribution is 2.29. The predicted molar refractivity (Wildman–Crippen MR) is 123 cm³/mol. The third kappa shape index (κ3) is 4.45. The lowest BCUT2D eigenvalue weighted by molar-refractivity contribution is -0.137. The Morgan fingerprint density at radius 1 is 1.03 bits per heavy atom. The number of amides is 1. The van der Waals surface area contributed by atoms with Crippen molar-refractivity contribution in [1.82, 2.24) is 19.4 Å². The first-order valence-electron chi connectivity index (χ1n) is 11.3. The maximum absolute atomic E-state index is 13.2. The molecule has 0 aliphatic carbocycles. The van der Waals surface area contributed by atoms with Gasteiger partial charge in [0.15, 0.2) is 5.76 Å². The van der Waals surface area contributed by atoms with Crippen molar-refractivity contribution in [3.8, 4) is 11.5 Å². The first-order valence-corrected chi connectivity index (χ1v) is 12.7. The molecule has 1 aromatic carbocycles. The van der Waals surface area contributed by atoms with Crippen molar-refractivity contribution in [3.63, 3.8) is 0 Å². The monoisotopic (exact) mass is 487 g/mol. The summed E-state index contributed by atoms with van der Waals surface area (Å²) >= 11 is 0. The van der Waals surface area contributed by atoms with Gasteiger partial charge in [0.25, 0.3) is 10.0 Å². The number of hydrogen-bond donors (Lipinski definition) is 1. The number of hydrogen-bond acceptors (Lipinski definition) is 6. The van der Waals surface area contributed by atoms with Crippen molar-refractivity contribution in [1.29, 1.82) is 0 Å². The van der Waals surface area contributed by atoms with Crippen LogP contribution in [0.2, 0.25) is 0 Å². The van der Waals surface area contributed by atoms with Gasteiger partial charge in [0, 0.05) is 51.2 Å². The topological polar surface area (TPSA) is 103 Å². The minimum Gasteiger partial charge on any atom is -0.442 e. The van der Waals surface area contributed by atoms with Crippen LogP contribution in [0.15, 0.2) is 58.2 Å². The number of piperidine rings is 1. The summed E-state index contributed by atoms with van der Waals surface area (Å²) < 4.78 is 46.5. The number of carbonyl (C=O) groups excluding carboxylic acids is 1. The van der Waals surface area contributed by atoms with E-state index in [1.807, 2.05) is 4.90 Å². The van der Waals surface area contributed by atoms with Crippen LogP contribution in [0.25, 0.3) is 11.5 Å². The molecule has 1 atom stereocenters. The molecule has 180 valence electrons. The Kier molecular flexibility index (Phi) is 6.13.